The summed E-state index contributed by atoms with van der Waals surface area (Å²) in [5.41, 5.74) is 2.26. The third-order valence-electron chi connectivity index (χ3n) is 3.74. The van der Waals surface area contributed by atoms with E-state index in [2.05, 4.69) is 6.58 Å². The zero-order chi connectivity index (χ0) is 15.6. The smallest absolute Gasteiger partial charge is 0.303 e. The first-order valence-corrected chi connectivity index (χ1v) is 6.93. The van der Waals surface area contributed by atoms with Gasteiger partial charge in [0.15, 0.2) is 5.71 Å². The van der Waals surface area contributed by atoms with E-state index in [1.54, 1.807) is 0 Å². The van der Waals surface area contributed by atoms with Gasteiger partial charge in [0, 0.05) is 31.9 Å². The van der Waals surface area contributed by atoms with Crippen molar-refractivity contribution >= 4 is 22.9 Å². The largest absolute Gasteiger partial charge is 0.481 e. The fourth-order valence-corrected chi connectivity index (χ4v) is 2.61. The molecule has 1 aromatic rings. The topological polar surface area (TPSA) is 40.3 Å². The van der Waals surface area contributed by atoms with Crippen molar-refractivity contribution in [3.63, 3.8) is 0 Å². The summed E-state index contributed by atoms with van der Waals surface area (Å²) in [4.78, 5) is 10.4. The Kier molecular flexibility index (Phi) is 4.50. The molecule has 112 valence electrons. The van der Waals surface area contributed by atoms with Gasteiger partial charge < -0.3 is 5.11 Å². The van der Waals surface area contributed by atoms with Gasteiger partial charge in [0.05, 0.1) is 11.1 Å². The van der Waals surface area contributed by atoms with Gasteiger partial charge in [-0.1, -0.05) is 6.58 Å². The van der Waals surface area contributed by atoms with Gasteiger partial charge in [0.25, 0.3) is 0 Å². The number of carboxylic acid groups (broad SMARTS) is 1. The summed E-state index contributed by atoms with van der Waals surface area (Å²) >= 11 is 0. The van der Waals surface area contributed by atoms with Crippen molar-refractivity contribution in [2.75, 3.05) is 6.54 Å². The highest BCUT2D eigenvalue weighted by atomic mass is 19.1. The minimum absolute atomic E-state index is 0.148. The van der Waals surface area contributed by atoms with Crippen molar-refractivity contribution in [2.45, 2.75) is 32.6 Å². The van der Waals surface area contributed by atoms with Gasteiger partial charge in [0.2, 0.25) is 5.69 Å². The van der Waals surface area contributed by atoms with E-state index in [0.717, 1.165) is 24.6 Å². The van der Waals surface area contributed by atoms with Crippen molar-refractivity contribution in [2.24, 2.45) is 0 Å². The number of carbonyl (C=O) groups is 1. The van der Waals surface area contributed by atoms with Crippen LogP contribution in [0.3, 0.4) is 0 Å². The highest BCUT2D eigenvalue weighted by Crippen LogP contribution is 2.36. The van der Waals surface area contributed by atoms with Gasteiger partial charge in [-0.3, -0.25) is 4.79 Å². The highest BCUT2D eigenvalue weighted by Gasteiger charge is 2.33. The van der Waals surface area contributed by atoms with Crippen molar-refractivity contribution in [1.82, 2.24) is 0 Å². The quantitative estimate of drug-likeness (QED) is 0.641. The lowest BCUT2D eigenvalue weighted by atomic mass is 10.1. The van der Waals surface area contributed by atoms with Crippen LogP contribution in [0.15, 0.2) is 18.7 Å². The maximum atomic E-state index is 13.9. The third kappa shape index (κ3) is 3.17. The predicted molar refractivity (Wildman–Crippen MR) is 77.0 cm³/mol. The summed E-state index contributed by atoms with van der Waals surface area (Å²) in [5, 5.41) is 8.58. The van der Waals surface area contributed by atoms with Crippen LogP contribution in [0.2, 0.25) is 0 Å². The molecular formula is C16H18F2NO2+. The maximum absolute atomic E-state index is 13.9. The number of carboxylic acids is 1. The summed E-state index contributed by atoms with van der Waals surface area (Å²) in [6.45, 7) is 6.29. The summed E-state index contributed by atoms with van der Waals surface area (Å²) in [6, 6.07) is 2.19. The lowest BCUT2D eigenvalue weighted by molar-refractivity contribution is -0.438. The number of hydrogen-bond donors (Lipinski definition) is 1. The molecular weight excluding hydrogens is 276 g/mol. The maximum Gasteiger partial charge on any atom is 0.303 e. The van der Waals surface area contributed by atoms with E-state index in [1.165, 1.54) is 6.07 Å². The molecule has 0 saturated carbocycles. The minimum Gasteiger partial charge on any atom is -0.481 e. The number of hydrogen-bond acceptors (Lipinski definition) is 1. The molecule has 0 amide bonds. The Hall–Kier alpha value is -2.04. The van der Waals surface area contributed by atoms with Gasteiger partial charge in [0.1, 0.15) is 18.2 Å². The molecule has 0 aliphatic carbocycles. The summed E-state index contributed by atoms with van der Waals surface area (Å²) in [5.74, 6) is -2.01. The molecule has 1 aliphatic heterocycles. The van der Waals surface area contributed by atoms with E-state index in [9.17, 15) is 13.6 Å². The fraction of sp³-hybridized carbons (Fsp3) is 0.375. The number of fused-ring (bicyclic) bond motifs is 1. The molecule has 1 N–H and O–H groups in total. The molecule has 0 saturated heterocycles. The zero-order valence-corrected chi connectivity index (χ0v) is 12.0. The van der Waals surface area contributed by atoms with Crippen LogP contribution in [-0.2, 0) is 4.79 Å². The molecule has 0 spiro atoms. The summed E-state index contributed by atoms with van der Waals surface area (Å²) in [7, 11) is 0. The first-order chi connectivity index (χ1) is 9.91. The first kappa shape index (κ1) is 15.4. The van der Waals surface area contributed by atoms with Crippen molar-refractivity contribution in [3.8, 4) is 0 Å². The molecule has 0 aromatic heterocycles. The van der Waals surface area contributed by atoms with Crippen LogP contribution in [0, 0.1) is 11.6 Å². The highest BCUT2D eigenvalue weighted by molar-refractivity contribution is 6.23. The summed E-state index contributed by atoms with van der Waals surface area (Å²) < 4.78 is 29.1. The Morgan fingerprint density at radius 2 is 2.00 bits per heavy atom. The van der Waals surface area contributed by atoms with E-state index in [1.807, 2.05) is 11.5 Å². The van der Waals surface area contributed by atoms with E-state index in [4.69, 9.17) is 5.11 Å². The fourth-order valence-electron chi connectivity index (χ4n) is 2.61. The average molecular weight is 294 g/mol. The Balaban J connectivity index is 2.11. The Morgan fingerprint density at radius 3 is 2.67 bits per heavy atom. The van der Waals surface area contributed by atoms with Gasteiger partial charge in [-0.2, -0.15) is 4.58 Å². The standard InChI is InChI=1S/C16H17F2NO2/c1-10-11(2)19(7-5-3-4-6-15(20)21)14-9-12(17)8-13(18)16(10)14/h8-9H,1,3-7H2,2H3/p+1. The molecule has 21 heavy (non-hydrogen) atoms. The molecule has 0 radical (unpaired) electrons. The predicted octanol–water partition coefficient (Wildman–Crippen LogP) is 3.74. The lowest BCUT2D eigenvalue weighted by Gasteiger charge is -2.02. The molecule has 0 unspecified atom stereocenters. The van der Waals surface area contributed by atoms with Crippen molar-refractivity contribution in [3.05, 3.63) is 35.9 Å². The SMILES string of the molecule is C=C1C(C)=[N+](CCCCCC(=O)O)c2cc(F)cc(F)c21. The Bertz CT molecular complexity index is 635. The molecule has 1 aromatic carbocycles. The van der Waals surface area contributed by atoms with E-state index in [0.29, 0.717) is 29.8 Å². The second-order valence-electron chi connectivity index (χ2n) is 5.20. The molecule has 1 heterocycles. The average Bonchev–Trinajstić information content (AvgIpc) is 2.62. The molecule has 5 heteroatoms. The second kappa shape index (κ2) is 6.16. The molecule has 0 fully saturated rings. The molecule has 3 nitrogen and oxygen atoms in total. The molecule has 1 aliphatic rings. The molecule has 2 rings (SSSR count). The first-order valence-electron chi connectivity index (χ1n) is 6.93. The van der Waals surface area contributed by atoms with Gasteiger partial charge in [-0.05, 0) is 12.8 Å². The zero-order valence-electron chi connectivity index (χ0n) is 12.0. The Labute approximate surface area is 122 Å². The third-order valence-corrected chi connectivity index (χ3v) is 3.74. The van der Waals surface area contributed by atoms with Crippen LogP contribution >= 0.6 is 0 Å². The number of benzene rings is 1. The Morgan fingerprint density at radius 1 is 1.29 bits per heavy atom. The summed E-state index contributed by atoms with van der Waals surface area (Å²) in [6.07, 6.45) is 2.27. The van der Waals surface area contributed by atoms with Crippen LogP contribution in [-0.4, -0.2) is 27.9 Å². The van der Waals surface area contributed by atoms with Crippen molar-refractivity contribution < 1.29 is 23.3 Å². The molecule has 0 atom stereocenters. The number of allylic oxidation sites excluding steroid dienone is 1. The van der Waals surface area contributed by atoms with Gasteiger partial charge in [-0.15, -0.1) is 0 Å². The number of nitrogens with zero attached hydrogens (tertiary/aromatic N) is 1. The van der Waals surface area contributed by atoms with Crippen molar-refractivity contribution in [1.29, 1.82) is 0 Å². The second-order valence-corrected chi connectivity index (χ2v) is 5.20. The normalized spacial score (nSPS) is 13.8. The van der Waals surface area contributed by atoms with Crippen LogP contribution < -0.4 is 0 Å². The lowest BCUT2D eigenvalue weighted by Crippen LogP contribution is -2.11. The number of unbranched alkanes of at least 4 members (excludes halogenated alkanes) is 2. The van der Waals surface area contributed by atoms with Crippen LogP contribution in [0.25, 0.3) is 5.57 Å². The minimum atomic E-state index is -0.804. The van der Waals surface area contributed by atoms with Crippen LogP contribution in [0.1, 0.15) is 38.2 Å². The molecule has 0 bridgehead atoms. The van der Waals surface area contributed by atoms with E-state index < -0.39 is 17.6 Å². The van der Waals surface area contributed by atoms with Crippen LogP contribution in [0.4, 0.5) is 14.5 Å². The monoisotopic (exact) mass is 294 g/mol. The number of rotatable bonds is 6. The van der Waals surface area contributed by atoms with Crippen LogP contribution in [0.5, 0.6) is 0 Å². The number of halogens is 2. The number of aliphatic carboxylic acids is 1. The van der Waals surface area contributed by atoms with Gasteiger partial charge >= 0.3 is 5.97 Å². The van der Waals surface area contributed by atoms with E-state index >= 15 is 0 Å². The van der Waals surface area contributed by atoms with Gasteiger partial charge in [-0.25, -0.2) is 8.78 Å². The van der Waals surface area contributed by atoms with E-state index in [-0.39, 0.29) is 6.42 Å².